The first-order valence-corrected chi connectivity index (χ1v) is 10.2. The fourth-order valence-corrected chi connectivity index (χ4v) is 3.57. The number of nitrogens with one attached hydrogen (secondary N) is 1. The number of nitrogens with zero attached hydrogens (tertiary/aromatic N) is 1. The lowest BCUT2D eigenvalue weighted by molar-refractivity contribution is 0.0476. The van der Waals surface area contributed by atoms with Gasteiger partial charge in [-0.25, -0.2) is 0 Å². The first-order valence-electron chi connectivity index (χ1n) is 9.36. The number of aromatic amines is 1. The Bertz CT molecular complexity index is 954. The zero-order chi connectivity index (χ0) is 20.5. The van der Waals surface area contributed by atoms with E-state index < -0.39 is 0 Å². The lowest BCUT2D eigenvalue weighted by Crippen LogP contribution is -2.36. The van der Waals surface area contributed by atoms with Gasteiger partial charge in [-0.2, -0.15) is 0 Å². The van der Waals surface area contributed by atoms with Crippen molar-refractivity contribution in [2.45, 2.75) is 6.54 Å². The Morgan fingerprint density at radius 3 is 2.55 bits per heavy atom. The highest BCUT2D eigenvalue weighted by molar-refractivity contribution is 7.13. The number of ether oxygens (including phenoxy) is 2. The van der Waals surface area contributed by atoms with Crippen molar-refractivity contribution < 1.29 is 14.3 Å². The molecule has 1 amide bonds. The summed E-state index contributed by atoms with van der Waals surface area (Å²) in [6.45, 7) is 2.10. The number of methoxy groups -OCH3 is 1. The van der Waals surface area contributed by atoms with Crippen molar-refractivity contribution in [3.63, 3.8) is 0 Å². The van der Waals surface area contributed by atoms with E-state index in [4.69, 9.17) is 9.47 Å². The quantitative estimate of drug-likeness (QED) is 0.518. The second-order valence-corrected chi connectivity index (χ2v) is 7.36. The molecule has 1 N–H and O–H groups in total. The smallest absolute Gasteiger partial charge is 0.261 e. The maximum absolute atomic E-state index is 13.1. The van der Waals surface area contributed by atoms with Gasteiger partial charge in [0.1, 0.15) is 5.56 Å². The lowest BCUT2D eigenvalue weighted by Gasteiger charge is -2.23. The average Bonchev–Trinajstić information content (AvgIpc) is 3.28. The van der Waals surface area contributed by atoms with E-state index in [1.807, 2.05) is 47.8 Å². The fourth-order valence-electron chi connectivity index (χ4n) is 2.86. The standard InChI is InChI=1S/C22H24N2O4S/c1-27-13-14-28-12-11-24(16-17-6-3-2-4-7-17)22(26)18-9-10-19(23-21(18)25)20-8-5-15-29-20/h2-10,15H,11-14,16H2,1H3,(H,23,25). The molecule has 29 heavy (non-hydrogen) atoms. The van der Waals surface area contributed by atoms with Gasteiger partial charge in [-0.15, -0.1) is 11.3 Å². The molecule has 7 heteroatoms. The SMILES string of the molecule is COCCOCCN(Cc1ccccc1)C(=O)c1ccc(-c2cccs2)[nH]c1=O. The van der Waals surface area contributed by atoms with Gasteiger partial charge in [0.25, 0.3) is 11.5 Å². The number of aromatic nitrogens is 1. The lowest BCUT2D eigenvalue weighted by atomic mass is 10.1. The molecule has 0 aliphatic carbocycles. The number of hydrogen-bond donors (Lipinski definition) is 1. The minimum atomic E-state index is -0.390. The third-order valence-electron chi connectivity index (χ3n) is 4.37. The van der Waals surface area contributed by atoms with Gasteiger partial charge in [-0.3, -0.25) is 9.59 Å². The topological polar surface area (TPSA) is 71.6 Å². The van der Waals surface area contributed by atoms with Gasteiger partial charge in [0, 0.05) is 20.2 Å². The van der Waals surface area contributed by atoms with Crippen LogP contribution in [0.2, 0.25) is 0 Å². The van der Waals surface area contributed by atoms with Gasteiger partial charge in [0.05, 0.1) is 30.4 Å². The van der Waals surface area contributed by atoms with Crippen LogP contribution in [0.3, 0.4) is 0 Å². The summed E-state index contributed by atoms with van der Waals surface area (Å²) in [6.07, 6.45) is 0. The number of rotatable bonds is 10. The van der Waals surface area contributed by atoms with Gasteiger partial charge in [0.15, 0.2) is 0 Å². The van der Waals surface area contributed by atoms with Crippen molar-refractivity contribution in [3.8, 4) is 10.6 Å². The highest BCUT2D eigenvalue weighted by Gasteiger charge is 2.19. The molecule has 0 unspecified atom stereocenters. The predicted molar refractivity (Wildman–Crippen MR) is 114 cm³/mol. The van der Waals surface area contributed by atoms with Crippen LogP contribution in [-0.4, -0.2) is 49.3 Å². The minimum Gasteiger partial charge on any atom is -0.382 e. The second-order valence-electron chi connectivity index (χ2n) is 6.41. The van der Waals surface area contributed by atoms with E-state index in [0.29, 0.717) is 38.6 Å². The van der Waals surface area contributed by atoms with E-state index in [1.165, 1.54) is 11.3 Å². The van der Waals surface area contributed by atoms with E-state index in [1.54, 1.807) is 24.1 Å². The molecule has 2 heterocycles. The third kappa shape index (κ3) is 5.87. The van der Waals surface area contributed by atoms with E-state index in [0.717, 1.165) is 10.4 Å². The van der Waals surface area contributed by atoms with Gasteiger partial charge >= 0.3 is 0 Å². The molecule has 3 rings (SSSR count). The Hall–Kier alpha value is -2.74. The number of amides is 1. The normalized spacial score (nSPS) is 10.8. The molecule has 6 nitrogen and oxygen atoms in total. The van der Waals surface area contributed by atoms with Crippen LogP contribution in [0.5, 0.6) is 0 Å². The molecule has 0 radical (unpaired) electrons. The van der Waals surface area contributed by atoms with Crippen molar-refractivity contribution in [1.82, 2.24) is 9.88 Å². The molecule has 152 valence electrons. The molecule has 0 bridgehead atoms. The predicted octanol–water partition coefficient (Wildman–Crippen LogP) is 3.41. The van der Waals surface area contributed by atoms with Gasteiger partial charge in [0.2, 0.25) is 0 Å². The molecule has 0 aliphatic heterocycles. The summed E-state index contributed by atoms with van der Waals surface area (Å²) >= 11 is 1.53. The number of carbonyl (C=O) groups is 1. The highest BCUT2D eigenvalue weighted by Crippen LogP contribution is 2.21. The van der Waals surface area contributed by atoms with E-state index in [-0.39, 0.29) is 17.0 Å². The molecule has 1 aromatic carbocycles. The molecule has 3 aromatic rings. The molecule has 0 atom stereocenters. The van der Waals surface area contributed by atoms with E-state index >= 15 is 0 Å². The molecule has 0 aliphatic rings. The monoisotopic (exact) mass is 412 g/mol. The number of hydrogen-bond acceptors (Lipinski definition) is 5. The Morgan fingerprint density at radius 1 is 1.03 bits per heavy atom. The summed E-state index contributed by atoms with van der Waals surface area (Å²) in [5, 5.41) is 1.94. The summed E-state index contributed by atoms with van der Waals surface area (Å²) in [6, 6.07) is 16.9. The third-order valence-corrected chi connectivity index (χ3v) is 5.27. The summed E-state index contributed by atoms with van der Waals surface area (Å²) < 4.78 is 10.5. The van der Waals surface area contributed by atoms with Crippen LogP contribution in [0, 0.1) is 0 Å². The maximum Gasteiger partial charge on any atom is 0.261 e. The van der Waals surface area contributed by atoms with Gasteiger partial charge in [-0.05, 0) is 29.1 Å². The molecule has 0 saturated heterocycles. The Labute approximate surface area is 173 Å². The van der Waals surface area contributed by atoms with E-state index in [2.05, 4.69) is 4.98 Å². The summed E-state index contributed by atoms with van der Waals surface area (Å²) in [5.41, 5.74) is 1.43. The van der Waals surface area contributed by atoms with Gasteiger partial charge < -0.3 is 19.4 Å². The molecular weight excluding hydrogens is 388 g/mol. The zero-order valence-corrected chi connectivity index (χ0v) is 17.1. The average molecular weight is 413 g/mol. The van der Waals surface area contributed by atoms with Crippen molar-refractivity contribution in [2.75, 3.05) is 33.5 Å². The van der Waals surface area contributed by atoms with Crippen LogP contribution in [0.4, 0.5) is 0 Å². The number of thiophene rings is 1. The van der Waals surface area contributed by atoms with Crippen molar-refractivity contribution in [3.05, 3.63) is 81.5 Å². The van der Waals surface area contributed by atoms with Crippen molar-refractivity contribution in [2.24, 2.45) is 0 Å². The second kappa shape index (κ2) is 10.7. The van der Waals surface area contributed by atoms with Crippen LogP contribution in [0.15, 0.2) is 64.8 Å². The molecule has 0 spiro atoms. The first-order chi connectivity index (χ1) is 14.2. The first kappa shape index (κ1) is 21.0. The Kier molecular flexibility index (Phi) is 7.75. The Morgan fingerprint density at radius 2 is 1.86 bits per heavy atom. The molecular formula is C22H24N2O4S. The van der Waals surface area contributed by atoms with E-state index in [9.17, 15) is 9.59 Å². The van der Waals surface area contributed by atoms with Gasteiger partial charge in [-0.1, -0.05) is 36.4 Å². The molecule has 2 aromatic heterocycles. The van der Waals surface area contributed by atoms with Crippen LogP contribution in [0.25, 0.3) is 10.6 Å². The molecule has 0 saturated carbocycles. The van der Waals surface area contributed by atoms with Crippen molar-refractivity contribution >= 4 is 17.2 Å². The number of carbonyl (C=O) groups excluding carboxylic acids is 1. The fraction of sp³-hybridized carbons (Fsp3) is 0.273. The summed E-state index contributed by atoms with van der Waals surface area (Å²) in [4.78, 5) is 31.1. The molecule has 0 fully saturated rings. The van der Waals surface area contributed by atoms with Crippen molar-refractivity contribution in [1.29, 1.82) is 0 Å². The largest absolute Gasteiger partial charge is 0.382 e. The summed E-state index contributed by atoms with van der Waals surface area (Å²) in [5.74, 6) is -0.317. The number of benzene rings is 1. The zero-order valence-electron chi connectivity index (χ0n) is 16.3. The number of pyridine rings is 1. The maximum atomic E-state index is 13.1. The van der Waals surface area contributed by atoms with Crippen LogP contribution in [-0.2, 0) is 16.0 Å². The Balaban J connectivity index is 1.76. The highest BCUT2D eigenvalue weighted by atomic mass is 32.1. The van der Waals surface area contributed by atoms with Crippen LogP contribution >= 0.6 is 11.3 Å². The minimum absolute atomic E-state index is 0.123. The van der Waals surface area contributed by atoms with Crippen LogP contribution in [0.1, 0.15) is 15.9 Å². The summed E-state index contributed by atoms with van der Waals surface area (Å²) in [7, 11) is 1.61. The number of H-pyrrole nitrogens is 1. The van der Waals surface area contributed by atoms with Crippen LogP contribution < -0.4 is 5.56 Å².